The van der Waals surface area contributed by atoms with Gasteiger partial charge in [-0.3, -0.25) is 0 Å². The molecule has 6 heteroatoms. The van der Waals surface area contributed by atoms with E-state index >= 15 is 0 Å². The van der Waals surface area contributed by atoms with E-state index in [1.54, 1.807) is 36.6 Å². The molecule has 2 aromatic heterocycles. The number of anilines is 1. The van der Waals surface area contributed by atoms with E-state index in [1.165, 1.54) is 0 Å². The minimum absolute atomic E-state index is 0.387. The summed E-state index contributed by atoms with van der Waals surface area (Å²) in [7, 11) is 1.60. The Labute approximate surface area is 113 Å². The number of thiophene rings is 1. The maximum atomic E-state index is 5.92. The van der Waals surface area contributed by atoms with Crippen LogP contribution in [0.3, 0.4) is 0 Å². The Morgan fingerprint density at radius 1 is 1.32 bits per heavy atom. The standard InChI is InChI=1S/C13H11N3O2S/c1-17-9-2-3-11(14)10(6-9)13-15-12(16-18-13)8-4-5-19-7-8/h2-7H,14H2,1H3. The van der Waals surface area contributed by atoms with Crippen molar-refractivity contribution in [3.63, 3.8) is 0 Å². The zero-order valence-corrected chi connectivity index (χ0v) is 11.0. The molecular weight excluding hydrogens is 262 g/mol. The van der Waals surface area contributed by atoms with Gasteiger partial charge in [0, 0.05) is 16.6 Å². The average Bonchev–Trinajstić information content (AvgIpc) is 3.10. The number of hydrogen-bond acceptors (Lipinski definition) is 6. The fourth-order valence-corrected chi connectivity index (χ4v) is 2.32. The average molecular weight is 273 g/mol. The third kappa shape index (κ3) is 2.17. The third-order valence-electron chi connectivity index (χ3n) is 2.70. The minimum Gasteiger partial charge on any atom is -0.497 e. The van der Waals surface area contributed by atoms with Gasteiger partial charge in [-0.1, -0.05) is 5.16 Å². The van der Waals surface area contributed by atoms with Crippen LogP contribution in [-0.4, -0.2) is 17.3 Å². The van der Waals surface area contributed by atoms with Gasteiger partial charge < -0.3 is 15.0 Å². The molecule has 0 radical (unpaired) electrons. The van der Waals surface area contributed by atoms with Crippen LogP contribution in [-0.2, 0) is 0 Å². The van der Waals surface area contributed by atoms with Gasteiger partial charge in [0.1, 0.15) is 5.75 Å². The monoisotopic (exact) mass is 273 g/mol. The van der Waals surface area contributed by atoms with Crippen molar-refractivity contribution in [1.82, 2.24) is 10.1 Å². The van der Waals surface area contributed by atoms with E-state index in [0.717, 1.165) is 5.56 Å². The molecule has 96 valence electrons. The summed E-state index contributed by atoms with van der Waals surface area (Å²) in [5.41, 5.74) is 8.10. The van der Waals surface area contributed by atoms with Crippen LogP contribution >= 0.6 is 11.3 Å². The largest absolute Gasteiger partial charge is 0.497 e. The molecule has 0 aliphatic rings. The second-order valence-corrected chi connectivity index (χ2v) is 4.67. The van der Waals surface area contributed by atoms with Crippen molar-refractivity contribution in [3.05, 3.63) is 35.0 Å². The number of benzene rings is 1. The Bertz CT molecular complexity index is 692. The maximum absolute atomic E-state index is 5.92. The van der Waals surface area contributed by atoms with Crippen molar-refractivity contribution >= 4 is 17.0 Å². The Morgan fingerprint density at radius 3 is 2.95 bits per heavy atom. The van der Waals surface area contributed by atoms with Gasteiger partial charge in [-0.15, -0.1) is 0 Å². The third-order valence-corrected chi connectivity index (χ3v) is 3.38. The minimum atomic E-state index is 0.387. The Hall–Kier alpha value is -2.34. The zero-order chi connectivity index (χ0) is 13.2. The lowest BCUT2D eigenvalue weighted by Gasteiger charge is -2.03. The number of nitrogen functional groups attached to an aromatic ring is 1. The molecule has 0 aliphatic carbocycles. The van der Waals surface area contributed by atoms with Crippen molar-refractivity contribution < 1.29 is 9.26 Å². The lowest BCUT2D eigenvalue weighted by atomic mass is 10.1. The van der Waals surface area contributed by atoms with Gasteiger partial charge in [0.15, 0.2) is 0 Å². The van der Waals surface area contributed by atoms with Crippen LogP contribution in [0.2, 0.25) is 0 Å². The summed E-state index contributed by atoms with van der Waals surface area (Å²) >= 11 is 1.58. The summed E-state index contributed by atoms with van der Waals surface area (Å²) in [6.07, 6.45) is 0. The number of ether oxygens (including phenoxy) is 1. The van der Waals surface area contributed by atoms with Crippen molar-refractivity contribution in [2.75, 3.05) is 12.8 Å². The van der Waals surface area contributed by atoms with E-state index in [4.69, 9.17) is 15.0 Å². The second kappa shape index (κ2) is 4.74. The summed E-state index contributed by atoms with van der Waals surface area (Å²) in [4.78, 5) is 4.35. The van der Waals surface area contributed by atoms with Gasteiger partial charge in [-0.25, -0.2) is 0 Å². The molecule has 0 bridgehead atoms. The summed E-state index contributed by atoms with van der Waals surface area (Å²) < 4.78 is 10.4. The molecule has 0 amide bonds. The summed E-state index contributed by atoms with van der Waals surface area (Å²) in [6.45, 7) is 0. The Morgan fingerprint density at radius 2 is 2.21 bits per heavy atom. The normalized spacial score (nSPS) is 10.6. The molecule has 0 saturated carbocycles. The highest BCUT2D eigenvalue weighted by molar-refractivity contribution is 7.08. The molecule has 5 nitrogen and oxygen atoms in total. The number of aromatic nitrogens is 2. The molecule has 1 aromatic carbocycles. The number of methoxy groups -OCH3 is 1. The van der Waals surface area contributed by atoms with E-state index in [1.807, 2.05) is 16.8 Å². The second-order valence-electron chi connectivity index (χ2n) is 3.89. The van der Waals surface area contributed by atoms with E-state index in [0.29, 0.717) is 28.7 Å². The fourth-order valence-electron chi connectivity index (χ4n) is 1.69. The Kier molecular flexibility index (Phi) is 2.92. The lowest BCUT2D eigenvalue weighted by Crippen LogP contribution is -1.92. The highest BCUT2D eigenvalue weighted by atomic mass is 32.1. The fraction of sp³-hybridized carbons (Fsp3) is 0.0769. The smallest absolute Gasteiger partial charge is 0.260 e. The predicted octanol–water partition coefficient (Wildman–Crippen LogP) is 3.06. The van der Waals surface area contributed by atoms with Crippen molar-refractivity contribution in [3.8, 4) is 28.6 Å². The summed E-state index contributed by atoms with van der Waals surface area (Å²) in [5.74, 6) is 1.63. The van der Waals surface area contributed by atoms with E-state index < -0.39 is 0 Å². The first kappa shape index (κ1) is 11.7. The molecule has 3 rings (SSSR count). The van der Waals surface area contributed by atoms with E-state index in [9.17, 15) is 0 Å². The van der Waals surface area contributed by atoms with Crippen LogP contribution in [0.1, 0.15) is 0 Å². The molecule has 0 saturated heterocycles. The molecule has 19 heavy (non-hydrogen) atoms. The predicted molar refractivity (Wildman–Crippen MR) is 74.0 cm³/mol. The molecule has 2 heterocycles. The first-order valence-electron chi connectivity index (χ1n) is 5.58. The zero-order valence-electron chi connectivity index (χ0n) is 10.2. The quantitative estimate of drug-likeness (QED) is 0.742. The van der Waals surface area contributed by atoms with Crippen LogP contribution in [0, 0.1) is 0 Å². The van der Waals surface area contributed by atoms with Crippen LogP contribution in [0.4, 0.5) is 5.69 Å². The van der Waals surface area contributed by atoms with E-state index in [-0.39, 0.29) is 0 Å². The number of rotatable bonds is 3. The highest BCUT2D eigenvalue weighted by Crippen LogP contribution is 2.30. The summed E-state index contributed by atoms with van der Waals surface area (Å²) in [6, 6.07) is 7.26. The highest BCUT2D eigenvalue weighted by Gasteiger charge is 2.14. The van der Waals surface area contributed by atoms with Gasteiger partial charge in [-0.05, 0) is 29.6 Å². The number of nitrogens with two attached hydrogens (primary N) is 1. The molecule has 0 aliphatic heterocycles. The maximum Gasteiger partial charge on any atom is 0.260 e. The Balaban J connectivity index is 2.03. The molecule has 2 N–H and O–H groups in total. The topological polar surface area (TPSA) is 74.2 Å². The number of hydrogen-bond donors (Lipinski definition) is 1. The molecule has 3 aromatic rings. The van der Waals surface area contributed by atoms with Crippen molar-refractivity contribution in [2.45, 2.75) is 0 Å². The molecule has 0 fully saturated rings. The first-order chi connectivity index (χ1) is 9.28. The number of nitrogens with zero attached hydrogens (tertiary/aromatic N) is 2. The van der Waals surface area contributed by atoms with Crippen LogP contribution in [0.5, 0.6) is 5.75 Å². The van der Waals surface area contributed by atoms with Crippen molar-refractivity contribution in [1.29, 1.82) is 0 Å². The molecular formula is C13H11N3O2S. The molecule has 0 atom stereocenters. The van der Waals surface area contributed by atoms with Gasteiger partial charge >= 0.3 is 0 Å². The first-order valence-corrected chi connectivity index (χ1v) is 6.52. The van der Waals surface area contributed by atoms with Crippen LogP contribution < -0.4 is 10.5 Å². The lowest BCUT2D eigenvalue weighted by molar-refractivity contribution is 0.413. The van der Waals surface area contributed by atoms with Crippen LogP contribution in [0.25, 0.3) is 22.8 Å². The SMILES string of the molecule is COc1ccc(N)c(-c2nc(-c3ccsc3)no2)c1. The van der Waals surface area contributed by atoms with Crippen LogP contribution in [0.15, 0.2) is 39.5 Å². The van der Waals surface area contributed by atoms with Gasteiger partial charge in [0.05, 0.1) is 12.7 Å². The van der Waals surface area contributed by atoms with Gasteiger partial charge in [0.2, 0.25) is 5.82 Å². The van der Waals surface area contributed by atoms with Crippen molar-refractivity contribution in [2.24, 2.45) is 0 Å². The molecule has 0 unspecified atom stereocenters. The van der Waals surface area contributed by atoms with Gasteiger partial charge in [-0.2, -0.15) is 16.3 Å². The molecule has 0 spiro atoms. The van der Waals surface area contributed by atoms with Gasteiger partial charge in [0.25, 0.3) is 5.89 Å². The summed E-state index contributed by atoms with van der Waals surface area (Å²) in [5, 5.41) is 7.88. The van der Waals surface area contributed by atoms with E-state index in [2.05, 4.69) is 10.1 Å².